The van der Waals surface area contributed by atoms with Gasteiger partial charge in [-0.3, -0.25) is 4.79 Å². The standard InChI is InChI=1S/C21H24ClN3O2/c1-4-5-12-25-19-11-8-16(22)13-18(19)24-20(25)14(2)23-21(26)15-6-9-17(27-3)10-7-15/h6-11,13-14H,4-5,12H2,1-3H3,(H,23,26). The van der Waals surface area contributed by atoms with E-state index in [0.717, 1.165) is 42.0 Å². The van der Waals surface area contributed by atoms with Gasteiger partial charge in [0.2, 0.25) is 0 Å². The number of ether oxygens (including phenoxy) is 1. The van der Waals surface area contributed by atoms with Crippen molar-refractivity contribution in [3.05, 3.63) is 58.9 Å². The fourth-order valence-corrected chi connectivity index (χ4v) is 3.26. The van der Waals surface area contributed by atoms with Crippen molar-refractivity contribution in [2.45, 2.75) is 39.3 Å². The quantitative estimate of drug-likeness (QED) is 0.623. The van der Waals surface area contributed by atoms with Gasteiger partial charge < -0.3 is 14.6 Å². The van der Waals surface area contributed by atoms with Crippen molar-refractivity contribution < 1.29 is 9.53 Å². The third-order valence-electron chi connectivity index (χ3n) is 4.56. The van der Waals surface area contributed by atoms with E-state index in [1.807, 2.05) is 25.1 Å². The first-order valence-electron chi connectivity index (χ1n) is 9.14. The zero-order valence-electron chi connectivity index (χ0n) is 15.8. The number of carbonyl (C=O) groups is 1. The summed E-state index contributed by atoms with van der Waals surface area (Å²) in [7, 11) is 1.60. The molecule has 0 radical (unpaired) electrons. The topological polar surface area (TPSA) is 56.2 Å². The summed E-state index contributed by atoms with van der Waals surface area (Å²) in [5, 5.41) is 3.70. The molecule has 0 bridgehead atoms. The zero-order chi connectivity index (χ0) is 19.4. The summed E-state index contributed by atoms with van der Waals surface area (Å²) >= 11 is 6.12. The van der Waals surface area contributed by atoms with Gasteiger partial charge in [-0.05, 0) is 55.8 Å². The number of aryl methyl sites for hydroxylation is 1. The highest BCUT2D eigenvalue weighted by Crippen LogP contribution is 2.25. The number of imidazole rings is 1. The van der Waals surface area contributed by atoms with Crippen LogP contribution in [0, 0.1) is 0 Å². The summed E-state index contributed by atoms with van der Waals surface area (Å²) in [5.41, 5.74) is 2.47. The normalized spacial score (nSPS) is 12.1. The molecule has 2 aromatic carbocycles. The van der Waals surface area contributed by atoms with Gasteiger partial charge in [0.1, 0.15) is 11.6 Å². The number of hydrogen-bond donors (Lipinski definition) is 1. The number of rotatable bonds is 7. The number of methoxy groups -OCH3 is 1. The van der Waals surface area contributed by atoms with Crippen LogP contribution in [0.4, 0.5) is 0 Å². The molecule has 5 nitrogen and oxygen atoms in total. The molecule has 1 amide bonds. The van der Waals surface area contributed by atoms with Gasteiger partial charge in [0, 0.05) is 17.1 Å². The Morgan fingerprint density at radius 2 is 2.00 bits per heavy atom. The van der Waals surface area contributed by atoms with Crippen LogP contribution in [0.25, 0.3) is 11.0 Å². The maximum atomic E-state index is 12.6. The molecule has 6 heteroatoms. The van der Waals surface area contributed by atoms with E-state index >= 15 is 0 Å². The molecule has 1 heterocycles. The Hall–Kier alpha value is -2.53. The van der Waals surface area contributed by atoms with Crippen LogP contribution >= 0.6 is 11.6 Å². The Bertz CT molecular complexity index is 934. The minimum atomic E-state index is -0.234. The van der Waals surface area contributed by atoms with Crippen LogP contribution in [0.15, 0.2) is 42.5 Å². The second-order valence-electron chi connectivity index (χ2n) is 6.53. The molecule has 0 spiro atoms. The summed E-state index contributed by atoms with van der Waals surface area (Å²) in [4.78, 5) is 17.4. The van der Waals surface area contributed by atoms with Crippen molar-refractivity contribution in [2.75, 3.05) is 7.11 Å². The van der Waals surface area contributed by atoms with Gasteiger partial charge in [0.25, 0.3) is 5.91 Å². The largest absolute Gasteiger partial charge is 0.497 e. The molecule has 1 N–H and O–H groups in total. The summed E-state index contributed by atoms with van der Waals surface area (Å²) in [6.07, 6.45) is 2.12. The van der Waals surface area contributed by atoms with Gasteiger partial charge in [-0.2, -0.15) is 0 Å². The molecule has 3 rings (SSSR count). The molecule has 0 saturated heterocycles. The smallest absolute Gasteiger partial charge is 0.251 e. The van der Waals surface area contributed by atoms with Gasteiger partial charge in [-0.25, -0.2) is 4.98 Å². The van der Waals surface area contributed by atoms with Crippen molar-refractivity contribution in [2.24, 2.45) is 0 Å². The number of amides is 1. The van der Waals surface area contributed by atoms with Gasteiger partial charge in [-0.1, -0.05) is 24.9 Å². The molecular formula is C21H24ClN3O2. The fraction of sp³-hybridized carbons (Fsp3) is 0.333. The third kappa shape index (κ3) is 4.25. The van der Waals surface area contributed by atoms with E-state index in [9.17, 15) is 4.79 Å². The van der Waals surface area contributed by atoms with Gasteiger partial charge >= 0.3 is 0 Å². The minimum Gasteiger partial charge on any atom is -0.497 e. The maximum absolute atomic E-state index is 12.6. The van der Waals surface area contributed by atoms with E-state index < -0.39 is 0 Å². The molecule has 27 heavy (non-hydrogen) atoms. The maximum Gasteiger partial charge on any atom is 0.251 e. The molecule has 0 aliphatic rings. The second-order valence-corrected chi connectivity index (χ2v) is 6.97. The number of unbranched alkanes of at least 4 members (excludes halogenated alkanes) is 1. The van der Waals surface area contributed by atoms with E-state index in [2.05, 4.69) is 16.8 Å². The monoisotopic (exact) mass is 385 g/mol. The first kappa shape index (κ1) is 19.2. The Balaban J connectivity index is 1.87. The molecule has 0 fully saturated rings. The Kier molecular flexibility index (Phi) is 6.01. The lowest BCUT2D eigenvalue weighted by atomic mass is 10.2. The first-order valence-corrected chi connectivity index (χ1v) is 9.52. The number of fused-ring (bicyclic) bond motifs is 1. The van der Waals surface area contributed by atoms with Crippen LogP contribution in [-0.2, 0) is 6.54 Å². The molecule has 1 aromatic heterocycles. The molecule has 0 aliphatic carbocycles. The number of carbonyl (C=O) groups excluding carboxylic acids is 1. The van der Waals surface area contributed by atoms with E-state index in [1.54, 1.807) is 31.4 Å². The van der Waals surface area contributed by atoms with Crippen LogP contribution < -0.4 is 10.1 Å². The van der Waals surface area contributed by atoms with E-state index in [4.69, 9.17) is 21.3 Å². The highest BCUT2D eigenvalue weighted by atomic mass is 35.5. The molecule has 0 aliphatic heterocycles. The van der Waals surface area contributed by atoms with E-state index in [1.165, 1.54) is 0 Å². The van der Waals surface area contributed by atoms with Crippen LogP contribution in [-0.4, -0.2) is 22.6 Å². The first-order chi connectivity index (χ1) is 13.0. The summed E-state index contributed by atoms with van der Waals surface area (Å²) in [6.45, 7) is 4.96. The Morgan fingerprint density at radius 3 is 2.67 bits per heavy atom. The zero-order valence-corrected chi connectivity index (χ0v) is 16.6. The van der Waals surface area contributed by atoms with E-state index in [-0.39, 0.29) is 11.9 Å². The van der Waals surface area contributed by atoms with Gasteiger partial charge in [-0.15, -0.1) is 0 Å². The lowest BCUT2D eigenvalue weighted by Crippen LogP contribution is -2.28. The lowest BCUT2D eigenvalue weighted by molar-refractivity contribution is 0.0937. The lowest BCUT2D eigenvalue weighted by Gasteiger charge is -2.16. The SMILES string of the molecule is CCCCn1c(C(C)NC(=O)c2ccc(OC)cc2)nc2cc(Cl)ccc21. The van der Waals surface area contributed by atoms with Crippen LogP contribution in [0.2, 0.25) is 5.02 Å². The van der Waals surface area contributed by atoms with Gasteiger partial charge in [0.15, 0.2) is 0 Å². The number of aromatic nitrogens is 2. The third-order valence-corrected chi connectivity index (χ3v) is 4.80. The average Bonchev–Trinajstić information content (AvgIpc) is 3.03. The predicted molar refractivity (Wildman–Crippen MR) is 109 cm³/mol. The average molecular weight is 386 g/mol. The van der Waals surface area contributed by atoms with Crippen molar-refractivity contribution in [3.8, 4) is 5.75 Å². The molecule has 3 aromatic rings. The van der Waals surface area contributed by atoms with Gasteiger partial charge in [0.05, 0.1) is 24.2 Å². The molecule has 142 valence electrons. The minimum absolute atomic E-state index is 0.141. The second kappa shape index (κ2) is 8.44. The van der Waals surface area contributed by atoms with Crippen LogP contribution in [0.5, 0.6) is 5.75 Å². The van der Waals surface area contributed by atoms with Crippen molar-refractivity contribution in [1.82, 2.24) is 14.9 Å². The number of halogens is 1. The molecule has 1 unspecified atom stereocenters. The van der Waals surface area contributed by atoms with Crippen molar-refractivity contribution in [3.63, 3.8) is 0 Å². The number of nitrogens with zero attached hydrogens (tertiary/aromatic N) is 2. The number of hydrogen-bond acceptors (Lipinski definition) is 3. The van der Waals surface area contributed by atoms with E-state index in [0.29, 0.717) is 10.6 Å². The molecule has 1 atom stereocenters. The summed E-state index contributed by atoms with van der Waals surface area (Å²) < 4.78 is 7.31. The van der Waals surface area contributed by atoms with Crippen LogP contribution in [0.3, 0.4) is 0 Å². The Labute approximate surface area is 164 Å². The van der Waals surface area contributed by atoms with Crippen molar-refractivity contribution in [1.29, 1.82) is 0 Å². The van der Waals surface area contributed by atoms with Crippen LogP contribution in [0.1, 0.15) is 48.9 Å². The van der Waals surface area contributed by atoms with Crippen molar-refractivity contribution >= 4 is 28.5 Å². The number of nitrogens with one attached hydrogen (secondary N) is 1. The Morgan fingerprint density at radius 1 is 1.26 bits per heavy atom. The number of benzene rings is 2. The highest BCUT2D eigenvalue weighted by Gasteiger charge is 2.19. The fourth-order valence-electron chi connectivity index (χ4n) is 3.09. The highest BCUT2D eigenvalue weighted by molar-refractivity contribution is 6.31. The summed E-state index contributed by atoms with van der Waals surface area (Å²) in [6, 6.07) is 12.5. The molecular weight excluding hydrogens is 362 g/mol. The molecule has 0 saturated carbocycles. The summed E-state index contributed by atoms with van der Waals surface area (Å²) in [5.74, 6) is 1.41. The predicted octanol–water partition coefficient (Wildman–Crippen LogP) is 4.99.